The Hall–Kier alpha value is -3.60. The van der Waals surface area contributed by atoms with Gasteiger partial charge in [0.15, 0.2) is 23.0 Å². The van der Waals surface area contributed by atoms with E-state index in [1.165, 1.54) is 24.3 Å². The highest BCUT2D eigenvalue weighted by Crippen LogP contribution is 2.40. The fourth-order valence-corrected chi connectivity index (χ4v) is 2.79. The highest BCUT2D eigenvalue weighted by atomic mass is 16.7. The highest BCUT2D eigenvalue weighted by molar-refractivity contribution is 5.56. The van der Waals surface area contributed by atoms with Gasteiger partial charge in [0.05, 0.1) is 46.3 Å². The lowest BCUT2D eigenvalue weighted by atomic mass is 10.1. The molecule has 2 aliphatic rings. The van der Waals surface area contributed by atoms with Crippen LogP contribution in [0.3, 0.4) is 0 Å². The van der Waals surface area contributed by atoms with Crippen molar-refractivity contribution in [2.24, 2.45) is 0 Å². The number of hydrogen-bond donors (Lipinski definition) is 0. The highest BCUT2D eigenvalue weighted by Gasteiger charge is 2.25. The van der Waals surface area contributed by atoms with Crippen LogP contribution >= 0.6 is 0 Å². The number of nitro groups is 2. The second kappa shape index (κ2) is 6.61. The van der Waals surface area contributed by atoms with Gasteiger partial charge in [0.1, 0.15) is 0 Å². The molecule has 11 nitrogen and oxygen atoms in total. The zero-order valence-electron chi connectivity index (χ0n) is 13.7. The molecular formula is C16H12N2O9. The third-order valence-electron chi connectivity index (χ3n) is 4.06. The van der Waals surface area contributed by atoms with Gasteiger partial charge in [0.2, 0.25) is 13.6 Å². The molecular weight excluding hydrogens is 364 g/mol. The van der Waals surface area contributed by atoms with Crippen LogP contribution in [0.5, 0.6) is 23.0 Å². The van der Waals surface area contributed by atoms with Gasteiger partial charge in [-0.3, -0.25) is 20.2 Å². The summed E-state index contributed by atoms with van der Waals surface area (Å²) in [6, 6.07) is 5.47. The van der Waals surface area contributed by atoms with E-state index in [-0.39, 0.29) is 60.8 Å². The summed E-state index contributed by atoms with van der Waals surface area (Å²) in [5.74, 6) is 1.34. The van der Waals surface area contributed by atoms with Gasteiger partial charge in [-0.1, -0.05) is 0 Å². The molecule has 0 fully saturated rings. The number of nitro benzene ring substituents is 2. The minimum absolute atomic E-state index is 0.0137. The molecule has 140 valence electrons. The molecule has 0 saturated carbocycles. The zero-order chi connectivity index (χ0) is 19.0. The van der Waals surface area contributed by atoms with Crippen molar-refractivity contribution < 1.29 is 33.5 Å². The Labute approximate surface area is 151 Å². The summed E-state index contributed by atoms with van der Waals surface area (Å²) in [5, 5.41) is 22.5. The predicted octanol–water partition coefficient (Wildman–Crippen LogP) is 2.68. The molecule has 0 bridgehead atoms. The summed E-state index contributed by atoms with van der Waals surface area (Å²) in [6.07, 6.45) is 0. The maximum absolute atomic E-state index is 11.3. The Morgan fingerprint density at radius 2 is 1.11 bits per heavy atom. The predicted molar refractivity (Wildman–Crippen MR) is 86.9 cm³/mol. The Morgan fingerprint density at radius 1 is 0.741 bits per heavy atom. The van der Waals surface area contributed by atoms with Gasteiger partial charge in [0, 0.05) is 0 Å². The molecule has 11 heteroatoms. The van der Waals surface area contributed by atoms with Crippen LogP contribution in [0.4, 0.5) is 11.4 Å². The quantitative estimate of drug-likeness (QED) is 0.551. The number of ether oxygens (including phenoxy) is 5. The fraction of sp³-hybridized carbons (Fsp3) is 0.250. The largest absolute Gasteiger partial charge is 0.454 e. The van der Waals surface area contributed by atoms with Crippen molar-refractivity contribution in [3.05, 3.63) is 55.6 Å². The second-order valence-corrected chi connectivity index (χ2v) is 5.68. The summed E-state index contributed by atoms with van der Waals surface area (Å²) in [4.78, 5) is 21.4. The zero-order valence-corrected chi connectivity index (χ0v) is 13.7. The molecule has 2 heterocycles. The molecule has 0 aliphatic carbocycles. The Balaban J connectivity index is 1.54. The first-order valence-corrected chi connectivity index (χ1v) is 7.74. The lowest BCUT2D eigenvalue weighted by molar-refractivity contribution is -0.386. The first-order chi connectivity index (χ1) is 13.0. The summed E-state index contributed by atoms with van der Waals surface area (Å²) in [6.45, 7) is -0.308. The molecule has 0 N–H and O–H groups in total. The second-order valence-electron chi connectivity index (χ2n) is 5.68. The van der Waals surface area contributed by atoms with Crippen molar-refractivity contribution in [1.82, 2.24) is 0 Å². The minimum Gasteiger partial charge on any atom is -0.454 e. The van der Waals surface area contributed by atoms with E-state index in [0.29, 0.717) is 11.5 Å². The topological polar surface area (TPSA) is 132 Å². The Morgan fingerprint density at radius 3 is 1.48 bits per heavy atom. The number of benzene rings is 2. The number of rotatable bonds is 6. The molecule has 2 aromatic rings. The van der Waals surface area contributed by atoms with E-state index in [2.05, 4.69) is 0 Å². The molecule has 2 aromatic carbocycles. The van der Waals surface area contributed by atoms with E-state index in [4.69, 9.17) is 23.7 Å². The Bertz CT molecular complexity index is 868. The van der Waals surface area contributed by atoms with Gasteiger partial charge in [-0.25, -0.2) is 0 Å². The van der Waals surface area contributed by atoms with Crippen LogP contribution in [-0.2, 0) is 18.0 Å². The lowest BCUT2D eigenvalue weighted by Gasteiger charge is -2.08. The van der Waals surface area contributed by atoms with Crippen LogP contribution in [0.2, 0.25) is 0 Å². The van der Waals surface area contributed by atoms with Crippen molar-refractivity contribution in [2.45, 2.75) is 13.2 Å². The minimum atomic E-state index is -0.552. The maximum atomic E-state index is 11.3. The van der Waals surface area contributed by atoms with E-state index < -0.39 is 9.85 Å². The van der Waals surface area contributed by atoms with Crippen LogP contribution in [0.1, 0.15) is 11.1 Å². The van der Waals surface area contributed by atoms with Crippen LogP contribution in [-0.4, -0.2) is 23.4 Å². The lowest BCUT2D eigenvalue weighted by Crippen LogP contribution is -2.02. The van der Waals surface area contributed by atoms with Crippen LogP contribution in [0.25, 0.3) is 0 Å². The van der Waals surface area contributed by atoms with E-state index >= 15 is 0 Å². The molecule has 0 saturated heterocycles. The van der Waals surface area contributed by atoms with Crippen molar-refractivity contribution in [3.8, 4) is 23.0 Å². The molecule has 0 atom stereocenters. The van der Waals surface area contributed by atoms with Crippen LogP contribution in [0.15, 0.2) is 24.3 Å². The molecule has 27 heavy (non-hydrogen) atoms. The SMILES string of the molecule is O=[N+]([O-])c1cc2c(cc1COCc1cc3c(cc1[N+](=O)[O-])OCO3)OCO2. The summed E-state index contributed by atoms with van der Waals surface area (Å²) < 4.78 is 26.2. The summed E-state index contributed by atoms with van der Waals surface area (Å²) in [5.41, 5.74) is 0.180. The van der Waals surface area contributed by atoms with Gasteiger partial charge < -0.3 is 23.7 Å². The van der Waals surface area contributed by atoms with Crippen molar-refractivity contribution in [3.63, 3.8) is 0 Å². The first-order valence-electron chi connectivity index (χ1n) is 7.74. The van der Waals surface area contributed by atoms with Crippen molar-refractivity contribution in [1.29, 1.82) is 0 Å². The van der Waals surface area contributed by atoms with Gasteiger partial charge in [0.25, 0.3) is 11.4 Å². The molecule has 4 rings (SSSR count). The molecule has 0 unspecified atom stereocenters. The number of hydrogen-bond acceptors (Lipinski definition) is 9. The summed E-state index contributed by atoms with van der Waals surface area (Å²) >= 11 is 0. The monoisotopic (exact) mass is 376 g/mol. The standard InChI is InChI=1S/C16H12N2O9/c19-17(20)11-3-15-13(24-7-26-15)1-9(11)5-23-6-10-2-14-16(27-8-25-14)4-12(10)18(21)22/h1-4H,5-8H2. The average Bonchev–Trinajstić information content (AvgIpc) is 3.28. The number of nitrogens with zero attached hydrogens (tertiary/aromatic N) is 2. The Kier molecular flexibility index (Phi) is 4.12. The van der Waals surface area contributed by atoms with Crippen LogP contribution < -0.4 is 18.9 Å². The van der Waals surface area contributed by atoms with E-state index in [0.717, 1.165) is 0 Å². The fourth-order valence-electron chi connectivity index (χ4n) is 2.79. The van der Waals surface area contributed by atoms with Crippen molar-refractivity contribution >= 4 is 11.4 Å². The smallest absolute Gasteiger partial charge is 0.278 e. The molecule has 0 aromatic heterocycles. The van der Waals surface area contributed by atoms with Crippen LogP contribution in [0, 0.1) is 20.2 Å². The maximum Gasteiger partial charge on any atom is 0.278 e. The molecule has 2 aliphatic heterocycles. The van der Waals surface area contributed by atoms with Gasteiger partial charge >= 0.3 is 0 Å². The number of fused-ring (bicyclic) bond motifs is 2. The summed E-state index contributed by atoms with van der Waals surface area (Å²) in [7, 11) is 0. The molecule has 0 radical (unpaired) electrons. The third kappa shape index (κ3) is 3.15. The van der Waals surface area contributed by atoms with E-state index in [1.54, 1.807) is 0 Å². The molecule has 0 spiro atoms. The van der Waals surface area contributed by atoms with E-state index in [9.17, 15) is 20.2 Å². The average molecular weight is 376 g/mol. The van der Waals surface area contributed by atoms with Crippen molar-refractivity contribution in [2.75, 3.05) is 13.6 Å². The molecule has 0 amide bonds. The third-order valence-corrected chi connectivity index (χ3v) is 4.06. The van der Waals surface area contributed by atoms with Gasteiger partial charge in [-0.05, 0) is 12.1 Å². The first kappa shape index (κ1) is 16.8. The normalized spacial score (nSPS) is 13.6. The van der Waals surface area contributed by atoms with Gasteiger partial charge in [-0.2, -0.15) is 0 Å². The van der Waals surface area contributed by atoms with Gasteiger partial charge in [-0.15, -0.1) is 0 Å². The van der Waals surface area contributed by atoms with E-state index in [1.807, 2.05) is 0 Å².